The number of nitriles is 1. The van der Waals surface area contributed by atoms with Crippen LogP contribution in [0.1, 0.15) is 18.4 Å². The zero-order valence-corrected chi connectivity index (χ0v) is 15.4. The number of pyridine rings is 2. The van der Waals surface area contributed by atoms with Crippen molar-refractivity contribution in [3.63, 3.8) is 0 Å². The molecule has 0 unspecified atom stereocenters. The molecule has 1 saturated carbocycles. The van der Waals surface area contributed by atoms with Crippen LogP contribution in [0.2, 0.25) is 0 Å². The number of fused-ring (bicyclic) bond motifs is 1. The fourth-order valence-corrected chi connectivity index (χ4v) is 3.47. The summed E-state index contributed by atoms with van der Waals surface area (Å²) in [7, 11) is 0. The number of nitrogen functional groups attached to an aromatic ring is 2. The number of nitrogens with zero attached hydrogens (tertiary/aromatic N) is 3. The maximum Gasteiger partial charge on any atom is 0.228 e. The highest BCUT2D eigenvalue weighted by Crippen LogP contribution is 2.41. The Morgan fingerprint density at radius 2 is 2.07 bits per heavy atom. The number of benzene rings is 1. The standard InChI is InChI=1S/C21H20N6O/c1-11-16(8-25-10-19(11)24)13-4-14-7-20(26-9-17(14)18(23)6-13)27-21(28)15-5-12(15)2-3-22/h4,6-10,12,15H,2,5,23-24H2,1H3,(H,26,27,28)/t12-,15-/m1/s1. The van der Waals surface area contributed by atoms with Crippen molar-refractivity contribution in [3.8, 4) is 17.2 Å². The van der Waals surface area contributed by atoms with Crippen molar-refractivity contribution in [2.45, 2.75) is 19.8 Å². The average Bonchev–Trinajstić information content (AvgIpc) is 3.43. The zero-order chi connectivity index (χ0) is 19.8. The van der Waals surface area contributed by atoms with Crippen LogP contribution in [-0.4, -0.2) is 15.9 Å². The van der Waals surface area contributed by atoms with Crippen molar-refractivity contribution in [1.82, 2.24) is 9.97 Å². The lowest BCUT2D eigenvalue weighted by Gasteiger charge is -2.12. The fourth-order valence-electron chi connectivity index (χ4n) is 3.47. The van der Waals surface area contributed by atoms with Gasteiger partial charge >= 0.3 is 0 Å². The molecule has 3 aromatic rings. The summed E-state index contributed by atoms with van der Waals surface area (Å²) in [5, 5.41) is 13.3. The van der Waals surface area contributed by atoms with Crippen LogP contribution >= 0.6 is 0 Å². The van der Waals surface area contributed by atoms with Crippen LogP contribution in [0, 0.1) is 30.1 Å². The molecule has 2 atom stereocenters. The molecule has 2 aromatic heterocycles. The van der Waals surface area contributed by atoms with E-state index in [1.54, 1.807) is 18.6 Å². The Labute approximate surface area is 162 Å². The maximum atomic E-state index is 12.3. The lowest BCUT2D eigenvalue weighted by atomic mass is 9.98. The Morgan fingerprint density at radius 1 is 1.25 bits per heavy atom. The number of carbonyl (C=O) groups excluding carboxylic acids is 1. The van der Waals surface area contributed by atoms with Crippen LogP contribution in [0.3, 0.4) is 0 Å². The molecule has 1 fully saturated rings. The summed E-state index contributed by atoms with van der Waals surface area (Å²) >= 11 is 0. The molecule has 1 aromatic carbocycles. The number of hydrogen-bond donors (Lipinski definition) is 3. The van der Waals surface area contributed by atoms with E-state index in [-0.39, 0.29) is 17.7 Å². The Morgan fingerprint density at radius 3 is 2.86 bits per heavy atom. The Hall–Kier alpha value is -3.66. The van der Waals surface area contributed by atoms with Gasteiger partial charge in [0.15, 0.2) is 0 Å². The van der Waals surface area contributed by atoms with E-state index in [0.717, 1.165) is 33.9 Å². The van der Waals surface area contributed by atoms with E-state index in [9.17, 15) is 4.79 Å². The van der Waals surface area contributed by atoms with Gasteiger partial charge in [-0.05, 0) is 54.0 Å². The summed E-state index contributed by atoms with van der Waals surface area (Å²) in [5.41, 5.74) is 16.2. The minimum absolute atomic E-state index is 0.0906. The number of rotatable bonds is 4. The van der Waals surface area contributed by atoms with Gasteiger partial charge in [-0.25, -0.2) is 4.98 Å². The molecule has 7 heteroatoms. The smallest absolute Gasteiger partial charge is 0.228 e. The molecule has 4 rings (SSSR count). The Bertz CT molecular complexity index is 1130. The summed E-state index contributed by atoms with van der Waals surface area (Å²) in [4.78, 5) is 20.8. The van der Waals surface area contributed by atoms with Gasteiger partial charge in [0, 0.05) is 41.4 Å². The van der Waals surface area contributed by atoms with Gasteiger partial charge in [0.1, 0.15) is 5.82 Å². The second kappa shape index (κ2) is 6.82. The predicted octanol–water partition coefficient (Wildman–Crippen LogP) is 3.26. The minimum Gasteiger partial charge on any atom is -0.398 e. The molecular formula is C21H20N6O. The van der Waals surface area contributed by atoms with E-state index in [1.807, 2.05) is 25.1 Å². The third-order valence-corrected chi connectivity index (χ3v) is 5.30. The summed E-state index contributed by atoms with van der Waals surface area (Å²) < 4.78 is 0. The van der Waals surface area contributed by atoms with Crippen molar-refractivity contribution < 1.29 is 4.79 Å². The van der Waals surface area contributed by atoms with Gasteiger partial charge in [-0.1, -0.05) is 0 Å². The third-order valence-electron chi connectivity index (χ3n) is 5.30. The second-order valence-corrected chi connectivity index (χ2v) is 7.21. The molecule has 28 heavy (non-hydrogen) atoms. The number of amides is 1. The van der Waals surface area contributed by atoms with Crippen LogP contribution in [-0.2, 0) is 4.79 Å². The van der Waals surface area contributed by atoms with Crippen LogP contribution in [0.15, 0.2) is 36.8 Å². The lowest BCUT2D eigenvalue weighted by molar-refractivity contribution is -0.117. The van der Waals surface area contributed by atoms with Crippen LogP contribution < -0.4 is 16.8 Å². The number of nitrogens with one attached hydrogen (secondary N) is 1. The van der Waals surface area contributed by atoms with E-state index in [4.69, 9.17) is 16.7 Å². The average molecular weight is 372 g/mol. The van der Waals surface area contributed by atoms with Crippen molar-refractivity contribution in [3.05, 3.63) is 42.4 Å². The quantitative estimate of drug-likeness (QED) is 0.603. The van der Waals surface area contributed by atoms with Gasteiger partial charge in [-0.3, -0.25) is 9.78 Å². The molecule has 1 aliphatic rings. The Kier molecular flexibility index (Phi) is 4.32. The fraction of sp³-hybridized carbons (Fsp3) is 0.238. The molecule has 2 heterocycles. The van der Waals surface area contributed by atoms with Crippen molar-refractivity contribution in [2.24, 2.45) is 11.8 Å². The first-order chi connectivity index (χ1) is 13.5. The molecule has 0 spiro atoms. The normalized spacial score (nSPS) is 17.9. The van der Waals surface area contributed by atoms with Gasteiger partial charge in [0.2, 0.25) is 5.91 Å². The van der Waals surface area contributed by atoms with Gasteiger partial charge in [-0.2, -0.15) is 5.26 Å². The third kappa shape index (κ3) is 3.21. The largest absolute Gasteiger partial charge is 0.398 e. The van der Waals surface area contributed by atoms with Gasteiger partial charge in [0.25, 0.3) is 0 Å². The molecular weight excluding hydrogens is 352 g/mol. The monoisotopic (exact) mass is 372 g/mol. The SMILES string of the molecule is Cc1c(N)cncc1-c1cc(N)c2cnc(NC(=O)[C@@H]3C[C@H]3CC#N)cc2c1. The zero-order valence-electron chi connectivity index (χ0n) is 15.4. The van der Waals surface area contributed by atoms with Crippen LogP contribution in [0.25, 0.3) is 21.9 Å². The highest BCUT2D eigenvalue weighted by molar-refractivity contribution is 6.00. The van der Waals surface area contributed by atoms with E-state index in [2.05, 4.69) is 21.4 Å². The Balaban J connectivity index is 1.66. The highest BCUT2D eigenvalue weighted by Gasteiger charge is 2.42. The highest BCUT2D eigenvalue weighted by atomic mass is 16.2. The maximum absolute atomic E-state index is 12.3. The molecule has 0 radical (unpaired) electrons. The molecule has 140 valence electrons. The molecule has 7 nitrogen and oxygen atoms in total. The summed E-state index contributed by atoms with van der Waals surface area (Å²) in [6.45, 7) is 1.94. The number of anilines is 3. The summed E-state index contributed by atoms with van der Waals surface area (Å²) in [5.74, 6) is 0.437. The van der Waals surface area contributed by atoms with Crippen molar-refractivity contribution >= 4 is 33.9 Å². The minimum atomic E-state index is -0.102. The molecule has 0 saturated heterocycles. The number of hydrogen-bond acceptors (Lipinski definition) is 6. The first-order valence-corrected chi connectivity index (χ1v) is 9.05. The second-order valence-electron chi connectivity index (χ2n) is 7.21. The number of nitrogens with two attached hydrogens (primary N) is 2. The number of aromatic nitrogens is 2. The van der Waals surface area contributed by atoms with Crippen molar-refractivity contribution in [1.29, 1.82) is 5.26 Å². The van der Waals surface area contributed by atoms with E-state index in [0.29, 0.717) is 23.6 Å². The predicted molar refractivity (Wildman–Crippen MR) is 109 cm³/mol. The lowest BCUT2D eigenvalue weighted by Crippen LogP contribution is -2.15. The van der Waals surface area contributed by atoms with Crippen LogP contribution in [0.5, 0.6) is 0 Å². The topological polar surface area (TPSA) is 131 Å². The first-order valence-electron chi connectivity index (χ1n) is 9.05. The molecule has 1 aliphatic carbocycles. The summed E-state index contributed by atoms with van der Waals surface area (Å²) in [6.07, 6.45) is 6.22. The van der Waals surface area contributed by atoms with E-state index < -0.39 is 0 Å². The van der Waals surface area contributed by atoms with Crippen LogP contribution in [0.4, 0.5) is 17.2 Å². The van der Waals surface area contributed by atoms with Crippen molar-refractivity contribution in [2.75, 3.05) is 16.8 Å². The molecule has 0 aliphatic heterocycles. The van der Waals surface area contributed by atoms with E-state index >= 15 is 0 Å². The molecule has 0 bridgehead atoms. The number of carbonyl (C=O) groups is 1. The van der Waals surface area contributed by atoms with Gasteiger partial charge < -0.3 is 16.8 Å². The molecule has 5 N–H and O–H groups in total. The summed E-state index contributed by atoms with van der Waals surface area (Å²) in [6, 6.07) is 7.79. The molecule has 1 amide bonds. The van der Waals surface area contributed by atoms with E-state index in [1.165, 1.54) is 0 Å². The van der Waals surface area contributed by atoms with Gasteiger partial charge in [0.05, 0.1) is 18.0 Å². The van der Waals surface area contributed by atoms with Gasteiger partial charge in [-0.15, -0.1) is 0 Å². The first kappa shape index (κ1) is 17.7.